The van der Waals surface area contributed by atoms with Gasteiger partial charge in [0.2, 0.25) is 0 Å². The van der Waals surface area contributed by atoms with E-state index < -0.39 is 0 Å². The van der Waals surface area contributed by atoms with E-state index in [9.17, 15) is 4.79 Å². The van der Waals surface area contributed by atoms with E-state index in [1.165, 1.54) is 12.8 Å². The van der Waals surface area contributed by atoms with Crippen molar-refractivity contribution in [2.45, 2.75) is 19.3 Å². The Labute approximate surface area is 113 Å². The Morgan fingerprint density at radius 2 is 2.39 bits per heavy atom. The molecule has 18 heavy (non-hydrogen) atoms. The Kier molecular flexibility index (Phi) is 5.02. The van der Waals surface area contributed by atoms with Crippen LogP contribution in [0.3, 0.4) is 0 Å². The SMILES string of the molecule is O=C(NCCC1CCCNC1)c1cccc(Cl)c1. The molecule has 1 atom stereocenters. The van der Waals surface area contributed by atoms with Gasteiger partial charge < -0.3 is 10.6 Å². The number of nitrogens with one attached hydrogen (secondary N) is 2. The van der Waals surface area contributed by atoms with Gasteiger partial charge in [-0.2, -0.15) is 0 Å². The first-order chi connectivity index (χ1) is 8.75. The molecule has 2 rings (SSSR count). The Morgan fingerprint density at radius 3 is 3.11 bits per heavy atom. The summed E-state index contributed by atoms with van der Waals surface area (Å²) in [4.78, 5) is 11.9. The predicted molar refractivity (Wildman–Crippen MR) is 74.0 cm³/mol. The molecule has 1 aliphatic heterocycles. The first kappa shape index (κ1) is 13.4. The number of amides is 1. The van der Waals surface area contributed by atoms with Crippen molar-refractivity contribution in [1.29, 1.82) is 0 Å². The third kappa shape index (κ3) is 4.00. The lowest BCUT2D eigenvalue weighted by molar-refractivity contribution is 0.0950. The minimum absolute atomic E-state index is 0.0405. The third-order valence-corrected chi connectivity index (χ3v) is 3.56. The van der Waals surface area contributed by atoms with E-state index in [2.05, 4.69) is 10.6 Å². The van der Waals surface area contributed by atoms with Crippen LogP contribution in [-0.4, -0.2) is 25.5 Å². The van der Waals surface area contributed by atoms with Crippen LogP contribution in [0.1, 0.15) is 29.6 Å². The molecule has 0 saturated carbocycles. The summed E-state index contributed by atoms with van der Waals surface area (Å²) in [5, 5.41) is 6.93. The van der Waals surface area contributed by atoms with Gasteiger partial charge in [-0.25, -0.2) is 0 Å². The van der Waals surface area contributed by atoms with Gasteiger partial charge in [0, 0.05) is 17.1 Å². The lowest BCUT2D eigenvalue weighted by atomic mass is 9.96. The molecule has 1 aromatic carbocycles. The average Bonchev–Trinajstić information content (AvgIpc) is 2.40. The van der Waals surface area contributed by atoms with Crippen LogP contribution in [0, 0.1) is 5.92 Å². The molecule has 1 saturated heterocycles. The largest absolute Gasteiger partial charge is 0.352 e. The number of rotatable bonds is 4. The number of carbonyl (C=O) groups is 1. The second-order valence-corrected chi connectivity index (χ2v) is 5.20. The van der Waals surface area contributed by atoms with Crippen molar-refractivity contribution < 1.29 is 4.79 Å². The summed E-state index contributed by atoms with van der Waals surface area (Å²) >= 11 is 5.86. The van der Waals surface area contributed by atoms with E-state index in [4.69, 9.17) is 11.6 Å². The molecular weight excluding hydrogens is 248 g/mol. The summed E-state index contributed by atoms with van der Waals surface area (Å²) in [5.41, 5.74) is 0.629. The summed E-state index contributed by atoms with van der Waals surface area (Å²) in [6.45, 7) is 2.94. The van der Waals surface area contributed by atoms with Gasteiger partial charge in [-0.3, -0.25) is 4.79 Å². The second kappa shape index (κ2) is 6.76. The quantitative estimate of drug-likeness (QED) is 0.879. The smallest absolute Gasteiger partial charge is 0.251 e. The highest BCUT2D eigenvalue weighted by Crippen LogP contribution is 2.13. The monoisotopic (exact) mass is 266 g/mol. The minimum Gasteiger partial charge on any atom is -0.352 e. The number of hydrogen-bond donors (Lipinski definition) is 2. The van der Waals surface area contributed by atoms with Crippen molar-refractivity contribution in [2.75, 3.05) is 19.6 Å². The molecule has 1 heterocycles. The minimum atomic E-state index is -0.0405. The van der Waals surface area contributed by atoms with Crippen LogP contribution in [0.15, 0.2) is 24.3 Å². The second-order valence-electron chi connectivity index (χ2n) is 4.77. The van der Waals surface area contributed by atoms with Crippen molar-refractivity contribution in [1.82, 2.24) is 10.6 Å². The molecule has 0 aliphatic carbocycles. The molecule has 1 fully saturated rings. The zero-order chi connectivity index (χ0) is 12.8. The zero-order valence-corrected chi connectivity index (χ0v) is 11.2. The van der Waals surface area contributed by atoms with Gasteiger partial charge in [0.05, 0.1) is 0 Å². The number of hydrogen-bond acceptors (Lipinski definition) is 2. The summed E-state index contributed by atoms with van der Waals surface area (Å²) in [5.74, 6) is 0.652. The van der Waals surface area contributed by atoms with Gasteiger partial charge >= 0.3 is 0 Å². The number of halogens is 1. The molecule has 1 aromatic rings. The van der Waals surface area contributed by atoms with Crippen LogP contribution in [-0.2, 0) is 0 Å². The summed E-state index contributed by atoms with van der Waals surface area (Å²) < 4.78 is 0. The molecule has 2 N–H and O–H groups in total. The average molecular weight is 267 g/mol. The van der Waals surface area contributed by atoms with E-state index in [0.717, 1.165) is 26.1 Å². The van der Waals surface area contributed by atoms with E-state index in [1.807, 2.05) is 0 Å². The molecule has 0 bridgehead atoms. The normalized spacial score (nSPS) is 19.5. The Balaban J connectivity index is 1.74. The maximum atomic E-state index is 11.9. The van der Waals surface area contributed by atoms with Crippen LogP contribution in [0.5, 0.6) is 0 Å². The predicted octanol–water partition coefficient (Wildman–Crippen LogP) is 2.46. The van der Waals surface area contributed by atoms with Crippen molar-refractivity contribution in [3.05, 3.63) is 34.9 Å². The molecule has 0 radical (unpaired) electrons. The van der Waals surface area contributed by atoms with Crippen LogP contribution in [0.2, 0.25) is 5.02 Å². The van der Waals surface area contributed by atoms with Crippen molar-refractivity contribution in [3.8, 4) is 0 Å². The molecule has 1 unspecified atom stereocenters. The summed E-state index contributed by atoms with van der Waals surface area (Å²) in [6.07, 6.45) is 3.55. The van der Waals surface area contributed by atoms with E-state index in [1.54, 1.807) is 24.3 Å². The fourth-order valence-electron chi connectivity index (χ4n) is 2.29. The van der Waals surface area contributed by atoms with Gasteiger partial charge in [-0.15, -0.1) is 0 Å². The van der Waals surface area contributed by atoms with Crippen LogP contribution < -0.4 is 10.6 Å². The van der Waals surface area contributed by atoms with E-state index in [-0.39, 0.29) is 5.91 Å². The van der Waals surface area contributed by atoms with Gasteiger partial charge in [0.25, 0.3) is 5.91 Å². The Hall–Kier alpha value is -1.06. The van der Waals surface area contributed by atoms with Crippen molar-refractivity contribution in [3.63, 3.8) is 0 Å². The standard InChI is InChI=1S/C14H19ClN2O/c15-13-5-1-4-12(9-13)14(18)17-8-6-11-3-2-7-16-10-11/h1,4-5,9,11,16H,2-3,6-8,10H2,(H,17,18). The van der Waals surface area contributed by atoms with E-state index >= 15 is 0 Å². The molecule has 1 amide bonds. The molecule has 4 heteroatoms. The van der Waals surface area contributed by atoms with Crippen molar-refractivity contribution in [2.24, 2.45) is 5.92 Å². The lowest BCUT2D eigenvalue weighted by Crippen LogP contribution is -2.33. The topological polar surface area (TPSA) is 41.1 Å². The first-order valence-electron chi connectivity index (χ1n) is 6.50. The third-order valence-electron chi connectivity index (χ3n) is 3.32. The van der Waals surface area contributed by atoms with Crippen LogP contribution >= 0.6 is 11.6 Å². The van der Waals surface area contributed by atoms with Gasteiger partial charge in [-0.05, 0) is 56.5 Å². The van der Waals surface area contributed by atoms with Crippen LogP contribution in [0.4, 0.5) is 0 Å². The Morgan fingerprint density at radius 1 is 1.50 bits per heavy atom. The molecule has 0 aromatic heterocycles. The Bertz CT molecular complexity index is 403. The summed E-state index contributed by atoms with van der Waals surface area (Å²) in [6, 6.07) is 7.04. The van der Waals surface area contributed by atoms with Gasteiger partial charge in [0.1, 0.15) is 0 Å². The maximum Gasteiger partial charge on any atom is 0.251 e. The van der Waals surface area contributed by atoms with E-state index in [0.29, 0.717) is 16.5 Å². The number of benzene rings is 1. The molecule has 98 valence electrons. The van der Waals surface area contributed by atoms with Gasteiger partial charge in [0.15, 0.2) is 0 Å². The fraction of sp³-hybridized carbons (Fsp3) is 0.500. The molecular formula is C14H19ClN2O. The molecule has 1 aliphatic rings. The molecule has 0 spiro atoms. The molecule has 3 nitrogen and oxygen atoms in total. The van der Waals surface area contributed by atoms with Crippen LogP contribution in [0.25, 0.3) is 0 Å². The lowest BCUT2D eigenvalue weighted by Gasteiger charge is -2.22. The zero-order valence-electron chi connectivity index (χ0n) is 10.4. The number of piperidine rings is 1. The highest BCUT2D eigenvalue weighted by atomic mass is 35.5. The highest BCUT2D eigenvalue weighted by Gasteiger charge is 2.13. The fourth-order valence-corrected chi connectivity index (χ4v) is 2.48. The number of carbonyl (C=O) groups excluding carboxylic acids is 1. The maximum absolute atomic E-state index is 11.9. The summed E-state index contributed by atoms with van der Waals surface area (Å²) in [7, 11) is 0. The first-order valence-corrected chi connectivity index (χ1v) is 6.88. The highest BCUT2D eigenvalue weighted by molar-refractivity contribution is 6.30. The van der Waals surface area contributed by atoms with Gasteiger partial charge in [-0.1, -0.05) is 17.7 Å². The van der Waals surface area contributed by atoms with Crippen molar-refractivity contribution >= 4 is 17.5 Å².